The van der Waals surface area contributed by atoms with E-state index in [1.807, 2.05) is 0 Å². The molecule has 0 saturated heterocycles. The molecule has 1 spiro atoms. The van der Waals surface area contributed by atoms with Crippen LogP contribution in [0, 0.1) is 0 Å². The van der Waals surface area contributed by atoms with Crippen LogP contribution in [0.5, 0.6) is 0 Å². The lowest BCUT2D eigenvalue weighted by molar-refractivity contribution is 0.589. The number of rotatable bonds is 1. The predicted molar refractivity (Wildman–Crippen MR) is 243 cm³/mol. The van der Waals surface area contributed by atoms with Crippen LogP contribution in [0.4, 0.5) is 0 Å². The zero-order valence-electron chi connectivity index (χ0n) is 33.5. The van der Waals surface area contributed by atoms with Crippen LogP contribution in [-0.4, -0.2) is 0 Å². The average molecular weight is 729 g/mol. The van der Waals surface area contributed by atoms with Crippen LogP contribution >= 0.6 is 0 Å². The van der Waals surface area contributed by atoms with E-state index in [0.717, 1.165) is 0 Å². The molecule has 0 nitrogen and oxygen atoms in total. The van der Waals surface area contributed by atoms with Crippen molar-refractivity contribution >= 4 is 32.3 Å². The molecule has 0 atom stereocenters. The Morgan fingerprint density at radius 2 is 0.930 bits per heavy atom. The first kappa shape index (κ1) is 33.0. The van der Waals surface area contributed by atoms with Crippen LogP contribution in [0.2, 0.25) is 0 Å². The summed E-state index contributed by atoms with van der Waals surface area (Å²) in [5.41, 5.74) is 21.4. The van der Waals surface area contributed by atoms with Gasteiger partial charge in [-0.2, -0.15) is 0 Å². The van der Waals surface area contributed by atoms with Crippen molar-refractivity contribution in [1.29, 1.82) is 0 Å². The third-order valence-corrected chi connectivity index (χ3v) is 13.7. The summed E-state index contributed by atoms with van der Waals surface area (Å²) in [6.07, 6.45) is 0. The molecule has 0 heteroatoms. The summed E-state index contributed by atoms with van der Waals surface area (Å²) in [4.78, 5) is 0. The first-order valence-corrected chi connectivity index (χ1v) is 20.6. The van der Waals surface area contributed by atoms with Crippen molar-refractivity contribution in [3.05, 3.63) is 191 Å². The molecule has 0 aliphatic heterocycles. The van der Waals surface area contributed by atoms with Gasteiger partial charge in [-0.1, -0.05) is 169 Å². The summed E-state index contributed by atoms with van der Waals surface area (Å²) in [5.74, 6) is 0. The lowest BCUT2D eigenvalue weighted by Gasteiger charge is -2.30. The molecule has 0 N–H and O–H groups in total. The quantitative estimate of drug-likeness (QED) is 0.158. The zero-order chi connectivity index (χ0) is 38.6. The van der Waals surface area contributed by atoms with E-state index >= 15 is 0 Å². The van der Waals surface area contributed by atoms with Gasteiger partial charge in [0, 0.05) is 0 Å². The highest BCUT2D eigenvalue weighted by atomic mass is 14.5. The predicted octanol–water partition coefficient (Wildman–Crippen LogP) is 15.4. The van der Waals surface area contributed by atoms with Crippen molar-refractivity contribution in [2.24, 2.45) is 0 Å². The van der Waals surface area contributed by atoms with E-state index in [9.17, 15) is 0 Å². The first-order valence-electron chi connectivity index (χ1n) is 20.6. The van der Waals surface area contributed by atoms with Crippen molar-refractivity contribution in [3.63, 3.8) is 0 Å². The Morgan fingerprint density at radius 1 is 0.333 bits per heavy atom. The second-order valence-electron chi connectivity index (χ2n) is 18.9. The van der Waals surface area contributed by atoms with Crippen molar-refractivity contribution in [2.75, 3.05) is 0 Å². The van der Waals surface area contributed by atoms with Gasteiger partial charge >= 0.3 is 0 Å². The molecular weight excluding hydrogens is 685 g/mol. The molecule has 57 heavy (non-hydrogen) atoms. The highest BCUT2D eigenvalue weighted by molar-refractivity contribution is 6.22. The van der Waals surface area contributed by atoms with E-state index in [4.69, 9.17) is 0 Å². The summed E-state index contributed by atoms with van der Waals surface area (Å²) in [5, 5.41) is 7.93. The molecule has 0 saturated carbocycles. The van der Waals surface area contributed by atoms with E-state index in [2.05, 4.69) is 199 Å². The van der Waals surface area contributed by atoms with Gasteiger partial charge in [-0.25, -0.2) is 0 Å². The third kappa shape index (κ3) is 4.28. The lowest BCUT2D eigenvalue weighted by atomic mass is 9.70. The van der Waals surface area contributed by atoms with Gasteiger partial charge in [-0.05, 0) is 162 Å². The van der Waals surface area contributed by atoms with E-state index in [1.165, 1.54) is 121 Å². The highest BCUT2D eigenvalue weighted by Gasteiger charge is 2.52. The highest BCUT2D eigenvalue weighted by Crippen LogP contribution is 2.65. The molecule has 0 fully saturated rings. The third-order valence-electron chi connectivity index (χ3n) is 13.7. The van der Waals surface area contributed by atoms with Crippen molar-refractivity contribution < 1.29 is 0 Å². The Labute approximate surface area is 335 Å². The maximum absolute atomic E-state index is 2.59. The number of fused-ring (bicyclic) bond motifs is 16. The molecule has 9 aromatic carbocycles. The minimum Gasteiger partial charge on any atom is -0.0619 e. The molecule has 3 aliphatic rings. The summed E-state index contributed by atoms with van der Waals surface area (Å²) < 4.78 is 0. The molecule has 0 bridgehead atoms. The van der Waals surface area contributed by atoms with Gasteiger partial charge in [0.05, 0.1) is 5.41 Å². The second kappa shape index (κ2) is 11.0. The second-order valence-corrected chi connectivity index (χ2v) is 18.9. The molecule has 272 valence electrons. The monoisotopic (exact) mass is 728 g/mol. The van der Waals surface area contributed by atoms with Gasteiger partial charge in [0.15, 0.2) is 0 Å². The molecule has 0 radical (unpaired) electrons. The first-order chi connectivity index (χ1) is 27.5. The van der Waals surface area contributed by atoms with Crippen LogP contribution in [0.3, 0.4) is 0 Å². The minimum atomic E-state index is -0.370. The van der Waals surface area contributed by atoms with Gasteiger partial charge in [-0.15, -0.1) is 0 Å². The number of hydrogen-bond donors (Lipinski definition) is 0. The SMILES string of the molecule is CC(C)(C)c1cc(-c2ccc3cc4c(cc3c2)-c2cccc3c5c(cc-4c23)C2(c3ccccc3-c3ccccc32)c2ccccc2-5)c2cc(C(C)(C)C)ccc2c1. The van der Waals surface area contributed by atoms with Gasteiger partial charge in [0.25, 0.3) is 0 Å². The molecule has 9 aromatic rings. The summed E-state index contributed by atoms with van der Waals surface area (Å²) in [7, 11) is 0. The van der Waals surface area contributed by atoms with Crippen molar-refractivity contribution in [3.8, 4) is 55.6 Å². The zero-order valence-corrected chi connectivity index (χ0v) is 33.5. The molecule has 0 amide bonds. The largest absolute Gasteiger partial charge is 0.0725 e. The Morgan fingerprint density at radius 3 is 1.63 bits per heavy atom. The Kier molecular flexibility index (Phi) is 6.35. The number of hydrogen-bond acceptors (Lipinski definition) is 0. The average Bonchev–Trinajstić information content (AvgIpc) is 3.81. The summed E-state index contributed by atoms with van der Waals surface area (Å²) in [6.45, 7) is 13.9. The van der Waals surface area contributed by atoms with Crippen LogP contribution in [-0.2, 0) is 16.2 Å². The summed E-state index contributed by atoms with van der Waals surface area (Å²) >= 11 is 0. The summed E-state index contributed by atoms with van der Waals surface area (Å²) in [6, 6.07) is 61.1. The van der Waals surface area contributed by atoms with E-state index < -0.39 is 0 Å². The maximum Gasteiger partial charge on any atom is 0.0725 e. The molecule has 3 aliphatic carbocycles. The molecule has 0 heterocycles. The van der Waals surface area contributed by atoms with Gasteiger partial charge < -0.3 is 0 Å². The topological polar surface area (TPSA) is 0 Å². The Bertz CT molecular complexity index is 3200. The van der Waals surface area contributed by atoms with Crippen LogP contribution < -0.4 is 0 Å². The van der Waals surface area contributed by atoms with Crippen molar-refractivity contribution in [2.45, 2.75) is 57.8 Å². The fourth-order valence-corrected chi connectivity index (χ4v) is 10.9. The van der Waals surface area contributed by atoms with E-state index in [1.54, 1.807) is 0 Å². The lowest BCUT2D eigenvalue weighted by Crippen LogP contribution is -2.25. The molecule has 0 unspecified atom stereocenters. The fraction of sp³-hybridized carbons (Fsp3) is 0.158. The van der Waals surface area contributed by atoms with Gasteiger partial charge in [0.2, 0.25) is 0 Å². The normalized spacial score (nSPS) is 14.3. The van der Waals surface area contributed by atoms with Gasteiger partial charge in [-0.3, -0.25) is 0 Å². The number of benzene rings is 9. The Balaban J connectivity index is 1.10. The molecular formula is C57H44. The molecule has 12 rings (SSSR count). The van der Waals surface area contributed by atoms with Crippen LogP contribution in [0.15, 0.2) is 158 Å². The van der Waals surface area contributed by atoms with Gasteiger partial charge in [0.1, 0.15) is 0 Å². The standard InChI is InChI=1S/C57H44/c1-55(2,3)37-25-24-35-27-38(56(4,5)6)31-45(44(35)30-37)34-23-22-33-28-47-46(29-36(33)26-34)41-17-13-18-43-53(41)48(47)32-52-54(43)42-16-9-12-21-51(42)57(52)49-19-10-7-14-39(49)40-15-8-11-20-50(40)57/h7-32H,1-6H3. The van der Waals surface area contributed by atoms with Crippen LogP contribution in [0.1, 0.15) is 74.9 Å². The maximum atomic E-state index is 2.59. The molecule has 0 aromatic heterocycles. The van der Waals surface area contributed by atoms with Crippen LogP contribution in [0.25, 0.3) is 88.0 Å². The smallest absolute Gasteiger partial charge is 0.0619 e. The van der Waals surface area contributed by atoms with Crippen molar-refractivity contribution in [1.82, 2.24) is 0 Å². The van der Waals surface area contributed by atoms with E-state index in [0.29, 0.717) is 0 Å². The Hall–Kier alpha value is -6.24. The fourth-order valence-electron chi connectivity index (χ4n) is 10.9. The van der Waals surface area contributed by atoms with E-state index in [-0.39, 0.29) is 16.2 Å². The minimum absolute atomic E-state index is 0.0375.